The molecule has 2 aromatic rings. The number of aryl methyl sites for hydroxylation is 2. The van der Waals surface area contributed by atoms with Gasteiger partial charge in [-0.15, -0.1) is 0 Å². The van der Waals surface area contributed by atoms with E-state index in [1.807, 2.05) is 19.3 Å². The minimum atomic E-state index is 0.745. The quantitative estimate of drug-likeness (QED) is 0.877. The number of anilines is 1. The number of nitrogens with one attached hydrogen (secondary N) is 1. The molecule has 112 valence electrons. The molecule has 0 aromatic carbocycles. The maximum absolute atomic E-state index is 4.80. The van der Waals surface area contributed by atoms with Gasteiger partial charge in [-0.3, -0.25) is 4.68 Å². The first kappa shape index (κ1) is 14.0. The first-order valence-electron chi connectivity index (χ1n) is 7.91. The van der Waals surface area contributed by atoms with Crippen molar-refractivity contribution in [3.8, 4) is 11.5 Å². The first-order valence-corrected chi connectivity index (χ1v) is 7.91. The highest BCUT2D eigenvalue weighted by molar-refractivity contribution is 5.56. The molecular formula is C16H23N5. The van der Waals surface area contributed by atoms with Crippen LogP contribution in [0, 0.1) is 0 Å². The third-order valence-corrected chi connectivity index (χ3v) is 3.92. The van der Waals surface area contributed by atoms with Gasteiger partial charge in [-0.2, -0.15) is 5.10 Å². The Morgan fingerprint density at radius 2 is 2.05 bits per heavy atom. The molecule has 0 fully saturated rings. The molecule has 0 amide bonds. The number of nitrogens with zero attached hydrogens (tertiary/aromatic N) is 4. The van der Waals surface area contributed by atoms with Gasteiger partial charge < -0.3 is 5.32 Å². The van der Waals surface area contributed by atoms with Gasteiger partial charge in [0.25, 0.3) is 0 Å². The van der Waals surface area contributed by atoms with E-state index < -0.39 is 0 Å². The minimum absolute atomic E-state index is 0.745. The minimum Gasteiger partial charge on any atom is -0.370 e. The average molecular weight is 285 g/mol. The smallest absolute Gasteiger partial charge is 0.182 e. The normalized spacial score (nSPS) is 14.6. The Morgan fingerprint density at radius 1 is 1.19 bits per heavy atom. The lowest BCUT2D eigenvalue weighted by Gasteiger charge is -2.14. The van der Waals surface area contributed by atoms with Crippen LogP contribution in [-0.2, 0) is 19.9 Å². The Morgan fingerprint density at radius 3 is 2.81 bits per heavy atom. The predicted molar refractivity (Wildman–Crippen MR) is 84.3 cm³/mol. The summed E-state index contributed by atoms with van der Waals surface area (Å²) in [7, 11) is 1.92. The molecule has 0 saturated carbocycles. The van der Waals surface area contributed by atoms with Gasteiger partial charge in [0.15, 0.2) is 5.82 Å². The van der Waals surface area contributed by atoms with Crippen LogP contribution in [0.2, 0.25) is 0 Å². The maximum Gasteiger partial charge on any atom is 0.182 e. The SMILES string of the molecule is CCCNc1nc(-c2ccn(C)n2)nc2c1CCCCC2. The van der Waals surface area contributed by atoms with E-state index in [2.05, 4.69) is 17.3 Å². The topological polar surface area (TPSA) is 55.6 Å². The molecule has 0 bridgehead atoms. The van der Waals surface area contributed by atoms with Gasteiger partial charge in [0, 0.05) is 31.0 Å². The molecule has 21 heavy (non-hydrogen) atoms. The third kappa shape index (κ3) is 3.06. The highest BCUT2D eigenvalue weighted by Crippen LogP contribution is 2.27. The highest BCUT2D eigenvalue weighted by atomic mass is 15.3. The number of aromatic nitrogens is 4. The molecule has 0 saturated heterocycles. The van der Waals surface area contributed by atoms with Crippen molar-refractivity contribution in [2.24, 2.45) is 7.05 Å². The molecule has 2 heterocycles. The van der Waals surface area contributed by atoms with E-state index in [1.54, 1.807) is 4.68 Å². The zero-order valence-corrected chi connectivity index (χ0v) is 12.9. The van der Waals surface area contributed by atoms with Crippen molar-refractivity contribution in [3.63, 3.8) is 0 Å². The number of fused-ring (bicyclic) bond motifs is 1. The van der Waals surface area contributed by atoms with Crippen LogP contribution in [0.1, 0.15) is 43.9 Å². The van der Waals surface area contributed by atoms with Crippen molar-refractivity contribution in [2.75, 3.05) is 11.9 Å². The van der Waals surface area contributed by atoms with Gasteiger partial charge in [-0.1, -0.05) is 13.3 Å². The van der Waals surface area contributed by atoms with Crippen molar-refractivity contribution in [1.82, 2.24) is 19.7 Å². The van der Waals surface area contributed by atoms with E-state index >= 15 is 0 Å². The molecule has 5 heteroatoms. The zero-order chi connectivity index (χ0) is 14.7. The molecule has 0 spiro atoms. The highest BCUT2D eigenvalue weighted by Gasteiger charge is 2.18. The molecule has 0 aliphatic heterocycles. The fourth-order valence-electron chi connectivity index (χ4n) is 2.81. The summed E-state index contributed by atoms with van der Waals surface area (Å²) in [6.45, 7) is 3.12. The summed E-state index contributed by atoms with van der Waals surface area (Å²) in [5, 5.41) is 7.92. The molecule has 3 rings (SSSR count). The number of hydrogen-bond acceptors (Lipinski definition) is 4. The fourth-order valence-corrected chi connectivity index (χ4v) is 2.81. The van der Waals surface area contributed by atoms with E-state index in [0.29, 0.717) is 0 Å². The van der Waals surface area contributed by atoms with Crippen LogP contribution >= 0.6 is 0 Å². The van der Waals surface area contributed by atoms with Crippen LogP contribution in [-0.4, -0.2) is 26.3 Å². The molecular weight excluding hydrogens is 262 g/mol. The largest absolute Gasteiger partial charge is 0.370 e. The van der Waals surface area contributed by atoms with E-state index in [0.717, 1.165) is 43.1 Å². The van der Waals surface area contributed by atoms with Crippen LogP contribution in [0.5, 0.6) is 0 Å². The summed E-state index contributed by atoms with van der Waals surface area (Å²) in [5.74, 6) is 1.76. The van der Waals surface area contributed by atoms with Crippen LogP contribution in [0.25, 0.3) is 11.5 Å². The molecule has 1 N–H and O–H groups in total. The standard InChI is InChI=1S/C16H23N5/c1-3-10-17-15-12-7-5-4-6-8-13(12)18-16(19-15)14-9-11-21(2)20-14/h9,11H,3-8,10H2,1-2H3,(H,17,18,19). The van der Waals surface area contributed by atoms with E-state index in [9.17, 15) is 0 Å². The summed E-state index contributed by atoms with van der Waals surface area (Å²) in [4.78, 5) is 9.55. The molecule has 0 unspecified atom stereocenters. The average Bonchev–Trinajstić information content (AvgIpc) is 2.78. The molecule has 1 aliphatic rings. The summed E-state index contributed by atoms with van der Waals surface area (Å²) in [6, 6.07) is 1.97. The Kier molecular flexibility index (Phi) is 4.18. The Balaban J connectivity index is 2.03. The van der Waals surface area contributed by atoms with Crippen LogP contribution in [0.15, 0.2) is 12.3 Å². The fraction of sp³-hybridized carbons (Fsp3) is 0.562. The Labute approximate surface area is 125 Å². The van der Waals surface area contributed by atoms with Gasteiger partial charge in [0.05, 0.1) is 0 Å². The van der Waals surface area contributed by atoms with Crippen molar-refractivity contribution < 1.29 is 0 Å². The lowest BCUT2D eigenvalue weighted by Crippen LogP contribution is -2.10. The number of hydrogen-bond donors (Lipinski definition) is 1. The summed E-state index contributed by atoms with van der Waals surface area (Å²) in [5.41, 5.74) is 3.38. The second-order valence-electron chi connectivity index (χ2n) is 5.68. The van der Waals surface area contributed by atoms with Gasteiger partial charge in [-0.25, -0.2) is 9.97 Å². The van der Waals surface area contributed by atoms with Gasteiger partial charge in [0.2, 0.25) is 0 Å². The monoisotopic (exact) mass is 285 g/mol. The summed E-state index contributed by atoms with van der Waals surface area (Å²) >= 11 is 0. The zero-order valence-electron chi connectivity index (χ0n) is 12.9. The summed E-state index contributed by atoms with van der Waals surface area (Å²) < 4.78 is 1.80. The van der Waals surface area contributed by atoms with Crippen LogP contribution < -0.4 is 5.32 Å². The molecule has 0 radical (unpaired) electrons. The van der Waals surface area contributed by atoms with Crippen LogP contribution in [0.4, 0.5) is 5.82 Å². The predicted octanol–water partition coefficient (Wildman–Crippen LogP) is 2.97. The molecule has 2 aromatic heterocycles. The van der Waals surface area contributed by atoms with Crippen molar-refractivity contribution in [3.05, 3.63) is 23.5 Å². The Bertz CT molecular complexity index is 617. The molecule has 5 nitrogen and oxygen atoms in total. The van der Waals surface area contributed by atoms with Crippen molar-refractivity contribution >= 4 is 5.82 Å². The van der Waals surface area contributed by atoms with Gasteiger partial charge in [-0.05, 0) is 38.2 Å². The van der Waals surface area contributed by atoms with E-state index in [-0.39, 0.29) is 0 Å². The molecule has 0 atom stereocenters. The second-order valence-corrected chi connectivity index (χ2v) is 5.68. The first-order chi connectivity index (χ1) is 10.3. The lowest BCUT2D eigenvalue weighted by molar-refractivity contribution is 0.708. The maximum atomic E-state index is 4.80. The lowest BCUT2D eigenvalue weighted by atomic mass is 10.1. The number of rotatable bonds is 4. The summed E-state index contributed by atoms with van der Waals surface area (Å²) in [6.07, 6.45) is 8.91. The van der Waals surface area contributed by atoms with E-state index in [4.69, 9.17) is 9.97 Å². The van der Waals surface area contributed by atoms with Crippen molar-refractivity contribution in [1.29, 1.82) is 0 Å². The second kappa shape index (κ2) is 6.24. The van der Waals surface area contributed by atoms with Gasteiger partial charge in [0.1, 0.15) is 11.5 Å². The van der Waals surface area contributed by atoms with Gasteiger partial charge >= 0.3 is 0 Å². The third-order valence-electron chi connectivity index (χ3n) is 3.92. The molecule has 1 aliphatic carbocycles. The Hall–Kier alpha value is -1.91. The van der Waals surface area contributed by atoms with E-state index in [1.165, 1.54) is 30.5 Å². The van der Waals surface area contributed by atoms with Crippen molar-refractivity contribution in [2.45, 2.75) is 45.4 Å². The van der Waals surface area contributed by atoms with Crippen LogP contribution in [0.3, 0.4) is 0 Å².